The minimum atomic E-state index is -0.0428. The molecule has 0 radical (unpaired) electrons. The summed E-state index contributed by atoms with van der Waals surface area (Å²) in [6, 6.07) is 19.7. The van der Waals surface area contributed by atoms with Crippen molar-refractivity contribution in [1.82, 2.24) is 10.2 Å². The highest BCUT2D eigenvalue weighted by Crippen LogP contribution is 2.30. The summed E-state index contributed by atoms with van der Waals surface area (Å²) in [7, 11) is 0. The van der Waals surface area contributed by atoms with Crippen LogP contribution < -0.4 is 10.2 Å². The summed E-state index contributed by atoms with van der Waals surface area (Å²) in [5, 5.41) is 6.11. The van der Waals surface area contributed by atoms with Crippen molar-refractivity contribution in [2.75, 3.05) is 31.1 Å². The fourth-order valence-electron chi connectivity index (χ4n) is 4.93. The second-order valence-electron chi connectivity index (χ2n) is 8.99. The Kier molecular flexibility index (Phi) is 7.90. The highest BCUT2D eigenvalue weighted by molar-refractivity contribution is 6.31. The molecule has 0 saturated carbocycles. The molecule has 1 saturated heterocycles. The fourth-order valence-corrected chi connectivity index (χ4v) is 5.10. The van der Waals surface area contributed by atoms with E-state index < -0.39 is 0 Å². The Hall–Kier alpha value is -2.73. The standard InChI is InChI=1S/C28H30ClN3O2.ClH/c1-3-7-27(32-16-14-31(15-17-32)24-10-6-9-23(29)19(24)2)30-28(33)20-12-13-26-22(18-20)21-8-4-5-11-25(21)34-26;/h4-6,8-13,18,27H,3,7,14-17H2,1-2H3,(H,30,33);1H. The molecule has 184 valence electrons. The number of carbonyl (C=O) groups is 1. The zero-order valence-electron chi connectivity index (χ0n) is 20.1. The minimum absolute atomic E-state index is 0. The maximum atomic E-state index is 13.2. The van der Waals surface area contributed by atoms with Crippen LogP contribution in [0.3, 0.4) is 0 Å². The predicted octanol–water partition coefficient (Wildman–Crippen LogP) is 6.65. The van der Waals surface area contributed by atoms with Gasteiger partial charge < -0.3 is 14.6 Å². The van der Waals surface area contributed by atoms with Crippen LogP contribution in [0, 0.1) is 6.92 Å². The number of nitrogens with one attached hydrogen (secondary N) is 1. The first-order chi connectivity index (χ1) is 16.5. The normalized spacial score (nSPS) is 15.2. The third-order valence-electron chi connectivity index (χ3n) is 6.83. The molecule has 1 fully saturated rings. The molecule has 5 rings (SSSR count). The Morgan fingerprint density at radius 3 is 2.51 bits per heavy atom. The maximum absolute atomic E-state index is 13.2. The first kappa shape index (κ1) is 25.4. The summed E-state index contributed by atoms with van der Waals surface area (Å²) in [5.41, 5.74) is 4.62. The Bertz CT molecular complexity index is 1330. The summed E-state index contributed by atoms with van der Waals surface area (Å²) in [6.07, 6.45) is 1.93. The summed E-state index contributed by atoms with van der Waals surface area (Å²) >= 11 is 6.34. The molecule has 5 nitrogen and oxygen atoms in total. The van der Waals surface area contributed by atoms with Crippen LogP contribution in [-0.4, -0.2) is 43.2 Å². The number of nitrogens with zero attached hydrogens (tertiary/aromatic N) is 2. The molecule has 7 heteroatoms. The molecular formula is C28H31Cl2N3O2. The monoisotopic (exact) mass is 511 g/mol. The lowest BCUT2D eigenvalue weighted by molar-refractivity contribution is 0.0824. The molecule has 1 aliphatic heterocycles. The van der Waals surface area contributed by atoms with Gasteiger partial charge in [-0.05, 0) is 55.3 Å². The van der Waals surface area contributed by atoms with Crippen molar-refractivity contribution in [2.24, 2.45) is 0 Å². The highest BCUT2D eigenvalue weighted by Gasteiger charge is 2.26. The second kappa shape index (κ2) is 10.9. The lowest BCUT2D eigenvalue weighted by atomic mass is 10.1. The molecule has 1 unspecified atom stereocenters. The molecule has 1 aliphatic rings. The molecule has 0 spiro atoms. The van der Waals surface area contributed by atoms with Gasteiger partial charge in [0, 0.05) is 53.2 Å². The molecule has 0 aliphatic carbocycles. The Labute approximate surface area is 217 Å². The van der Waals surface area contributed by atoms with Crippen molar-refractivity contribution in [3.05, 3.63) is 76.8 Å². The van der Waals surface area contributed by atoms with Crippen LogP contribution in [0.4, 0.5) is 5.69 Å². The largest absolute Gasteiger partial charge is 0.456 e. The van der Waals surface area contributed by atoms with E-state index in [2.05, 4.69) is 35.0 Å². The van der Waals surface area contributed by atoms with Crippen molar-refractivity contribution in [1.29, 1.82) is 0 Å². The van der Waals surface area contributed by atoms with E-state index >= 15 is 0 Å². The quantitative estimate of drug-likeness (QED) is 0.314. The van der Waals surface area contributed by atoms with Gasteiger partial charge in [-0.1, -0.05) is 49.2 Å². The van der Waals surface area contributed by atoms with E-state index in [1.54, 1.807) is 0 Å². The van der Waals surface area contributed by atoms with Crippen LogP contribution in [0.5, 0.6) is 0 Å². The minimum Gasteiger partial charge on any atom is -0.456 e. The topological polar surface area (TPSA) is 48.7 Å². The van der Waals surface area contributed by atoms with E-state index in [4.69, 9.17) is 16.0 Å². The third kappa shape index (κ3) is 5.13. The summed E-state index contributed by atoms with van der Waals surface area (Å²) < 4.78 is 5.91. The molecule has 0 bridgehead atoms. The predicted molar refractivity (Wildman–Crippen MR) is 147 cm³/mol. The second-order valence-corrected chi connectivity index (χ2v) is 9.40. The zero-order valence-corrected chi connectivity index (χ0v) is 21.7. The van der Waals surface area contributed by atoms with E-state index in [0.29, 0.717) is 5.56 Å². The number of para-hydroxylation sites is 1. The SMILES string of the molecule is CCCC(NC(=O)c1ccc2oc3ccccc3c2c1)N1CCN(c2cccc(Cl)c2C)CC1.Cl. The summed E-state index contributed by atoms with van der Waals surface area (Å²) in [6.45, 7) is 7.83. The van der Waals surface area contributed by atoms with Crippen LogP contribution >= 0.6 is 24.0 Å². The van der Waals surface area contributed by atoms with Crippen molar-refractivity contribution >= 4 is 57.5 Å². The Balaban J connectivity index is 0.00000289. The number of anilines is 1. The van der Waals surface area contributed by atoms with Crippen molar-refractivity contribution in [2.45, 2.75) is 32.9 Å². The van der Waals surface area contributed by atoms with Crippen LogP contribution in [-0.2, 0) is 0 Å². The summed E-state index contributed by atoms with van der Waals surface area (Å²) in [5.74, 6) is -0.0428. The molecular weight excluding hydrogens is 481 g/mol. The van der Waals surface area contributed by atoms with Crippen molar-refractivity contribution in [3.8, 4) is 0 Å². The van der Waals surface area contributed by atoms with Crippen LogP contribution in [0.1, 0.15) is 35.7 Å². The number of rotatable bonds is 6. The lowest BCUT2D eigenvalue weighted by Gasteiger charge is -2.41. The first-order valence-electron chi connectivity index (χ1n) is 12.0. The smallest absolute Gasteiger partial charge is 0.252 e. The van der Waals surface area contributed by atoms with Crippen molar-refractivity contribution in [3.63, 3.8) is 0 Å². The van der Waals surface area contributed by atoms with Gasteiger partial charge in [0.25, 0.3) is 5.91 Å². The number of halogens is 2. The number of hydrogen-bond acceptors (Lipinski definition) is 4. The van der Waals surface area contributed by atoms with E-state index in [9.17, 15) is 4.79 Å². The fraction of sp³-hybridized carbons (Fsp3) is 0.321. The molecule has 35 heavy (non-hydrogen) atoms. The molecule has 1 aromatic heterocycles. The van der Waals surface area contributed by atoms with Gasteiger partial charge in [-0.25, -0.2) is 0 Å². The molecule has 1 amide bonds. The first-order valence-corrected chi connectivity index (χ1v) is 12.4. The maximum Gasteiger partial charge on any atom is 0.252 e. The molecule has 3 aromatic carbocycles. The zero-order chi connectivity index (χ0) is 23.7. The number of carbonyl (C=O) groups excluding carboxylic acids is 1. The molecule has 1 N–H and O–H groups in total. The van der Waals surface area contributed by atoms with Gasteiger partial charge in [-0.15, -0.1) is 12.4 Å². The average molecular weight is 512 g/mol. The lowest BCUT2D eigenvalue weighted by Crippen LogP contribution is -2.56. The Morgan fingerprint density at radius 2 is 1.74 bits per heavy atom. The summed E-state index contributed by atoms with van der Waals surface area (Å²) in [4.78, 5) is 18.0. The van der Waals surface area contributed by atoms with Gasteiger partial charge in [0.05, 0.1) is 6.17 Å². The van der Waals surface area contributed by atoms with E-state index in [1.165, 1.54) is 5.69 Å². The van der Waals surface area contributed by atoms with Crippen molar-refractivity contribution < 1.29 is 9.21 Å². The average Bonchev–Trinajstić information content (AvgIpc) is 3.23. The van der Waals surface area contributed by atoms with Crippen LogP contribution in [0.15, 0.2) is 65.1 Å². The third-order valence-corrected chi connectivity index (χ3v) is 7.24. The molecule has 4 aromatic rings. The van der Waals surface area contributed by atoms with Crippen LogP contribution in [0.2, 0.25) is 5.02 Å². The number of benzene rings is 3. The van der Waals surface area contributed by atoms with Gasteiger partial charge in [-0.3, -0.25) is 9.69 Å². The highest BCUT2D eigenvalue weighted by atomic mass is 35.5. The Morgan fingerprint density at radius 1 is 1.00 bits per heavy atom. The number of furan rings is 1. The van der Waals surface area contributed by atoms with Crippen LogP contribution in [0.25, 0.3) is 21.9 Å². The van der Waals surface area contributed by atoms with Gasteiger partial charge in [0.2, 0.25) is 0 Å². The number of fused-ring (bicyclic) bond motifs is 3. The van der Waals surface area contributed by atoms with Gasteiger partial charge >= 0.3 is 0 Å². The number of amides is 1. The van der Waals surface area contributed by atoms with E-state index in [0.717, 1.165) is 71.5 Å². The molecule has 1 atom stereocenters. The van der Waals surface area contributed by atoms with E-state index in [1.807, 2.05) is 54.6 Å². The van der Waals surface area contributed by atoms with Gasteiger partial charge in [-0.2, -0.15) is 0 Å². The molecule has 2 heterocycles. The number of piperazine rings is 1. The van der Waals surface area contributed by atoms with E-state index in [-0.39, 0.29) is 24.5 Å². The van der Waals surface area contributed by atoms with Gasteiger partial charge in [0.1, 0.15) is 11.2 Å². The van der Waals surface area contributed by atoms with Gasteiger partial charge in [0.15, 0.2) is 0 Å². The number of hydrogen-bond donors (Lipinski definition) is 1.